The summed E-state index contributed by atoms with van der Waals surface area (Å²) in [6.45, 7) is 0. The number of nitrogens with zero attached hydrogens (tertiary/aromatic N) is 1. The molecule has 0 fully saturated rings. The van der Waals surface area contributed by atoms with Crippen molar-refractivity contribution in [3.8, 4) is 11.5 Å². The highest BCUT2D eigenvalue weighted by atomic mass is 35.5. The SMILES string of the molecule is COc1cc(F)c(S(=O)(=O)Nc2cc(C(=O)N(C)C)ccc2Cl)cc1OC. The highest BCUT2D eigenvalue weighted by molar-refractivity contribution is 7.92. The molecule has 0 heterocycles. The molecule has 0 aliphatic carbocycles. The van der Waals surface area contributed by atoms with Crippen LogP contribution in [-0.4, -0.2) is 47.5 Å². The fourth-order valence-corrected chi connectivity index (χ4v) is 3.60. The molecule has 0 radical (unpaired) electrons. The van der Waals surface area contributed by atoms with E-state index >= 15 is 0 Å². The van der Waals surface area contributed by atoms with Crippen LogP contribution in [-0.2, 0) is 10.0 Å². The van der Waals surface area contributed by atoms with E-state index < -0.39 is 20.7 Å². The number of nitrogens with one attached hydrogen (secondary N) is 1. The zero-order chi connectivity index (χ0) is 20.4. The van der Waals surface area contributed by atoms with Crippen LogP contribution in [0.5, 0.6) is 11.5 Å². The summed E-state index contributed by atoms with van der Waals surface area (Å²) < 4.78 is 51.8. The number of hydrogen-bond donors (Lipinski definition) is 1. The first-order valence-corrected chi connectivity index (χ1v) is 9.42. The number of amides is 1. The molecule has 2 aromatic carbocycles. The van der Waals surface area contributed by atoms with Crippen molar-refractivity contribution in [1.29, 1.82) is 0 Å². The fraction of sp³-hybridized carbons (Fsp3) is 0.235. The maximum Gasteiger partial charge on any atom is 0.265 e. The van der Waals surface area contributed by atoms with Crippen molar-refractivity contribution in [2.45, 2.75) is 4.90 Å². The third kappa shape index (κ3) is 4.42. The third-order valence-electron chi connectivity index (χ3n) is 3.59. The zero-order valence-corrected chi connectivity index (χ0v) is 16.6. The standard InChI is InChI=1S/C17H18ClFN2O5S/c1-21(2)17(22)10-5-6-11(18)13(7-10)20-27(23,24)16-9-15(26-4)14(25-3)8-12(16)19/h5-9,20H,1-4H3. The van der Waals surface area contributed by atoms with Gasteiger partial charge in [-0.2, -0.15) is 0 Å². The molecule has 0 saturated carbocycles. The Kier molecular flexibility index (Phi) is 6.17. The number of methoxy groups -OCH3 is 2. The molecule has 0 aromatic heterocycles. The van der Waals surface area contributed by atoms with E-state index in [2.05, 4.69) is 4.72 Å². The molecule has 146 valence electrons. The number of hydrogen-bond acceptors (Lipinski definition) is 5. The number of rotatable bonds is 6. The minimum atomic E-state index is -4.36. The van der Waals surface area contributed by atoms with Gasteiger partial charge in [-0.3, -0.25) is 9.52 Å². The predicted molar refractivity (Wildman–Crippen MR) is 99.8 cm³/mol. The lowest BCUT2D eigenvalue weighted by Crippen LogP contribution is -2.22. The van der Waals surface area contributed by atoms with Crippen molar-refractivity contribution >= 4 is 33.2 Å². The molecule has 0 aliphatic rings. The molecule has 0 spiro atoms. The summed E-state index contributed by atoms with van der Waals surface area (Å²) in [6.07, 6.45) is 0. The smallest absolute Gasteiger partial charge is 0.265 e. The van der Waals surface area contributed by atoms with Crippen LogP contribution in [0.3, 0.4) is 0 Å². The number of sulfonamides is 1. The summed E-state index contributed by atoms with van der Waals surface area (Å²) in [6, 6.07) is 6.02. The normalized spacial score (nSPS) is 11.0. The van der Waals surface area contributed by atoms with Crippen molar-refractivity contribution in [2.24, 2.45) is 0 Å². The fourth-order valence-electron chi connectivity index (χ4n) is 2.24. The molecule has 2 rings (SSSR count). The van der Waals surface area contributed by atoms with E-state index in [0.717, 1.165) is 12.1 Å². The summed E-state index contributed by atoms with van der Waals surface area (Å²) in [4.78, 5) is 12.7. The first-order chi connectivity index (χ1) is 12.6. The number of ether oxygens (including phenoxy) is 2. The van der Waals surface area contributed by atoms with Crippen LogP contribution in [0.25, 0.3) is 0 Å². The minimum absolute atomic E-state index is 0.0434. The average Bonchev–Trinajstić information content (AvgIpc) is 2.62. The monoisotopic (exact) mass is 416 g/mol. The van der Waals surface area contributed by atoms with Crippen LogP contribution >= 0.6 is 11.6 Å². The summed E-state index contributed by atoms with van der Waals surface area (Å²) in [5, 5.41) is 0.0507. The molecule has 2 aromatic rings. The van der Waals surface area contributed by atoms with Crippen molar-refractivity contribution in [3.63, 3.8) is 0 Å². The second kappa shape index (κ2) is 8.01. The summed E-state index contributed by atoms with van der Waals surface area (Å²) >= 11 is 6.03. The van der Waals surface area contributed by atoms with Gasteiger partial charge in [0.25, 0.3) is 15.9 Å². The van der Waals surface area contributed by atoms with E-state index in [1.165, 1.54) is 37.3 Å². The van der Waals surface area contributed by atoms with Gasteiger partial charge in [0.2, 0.25) is 0 Å². The second-order valence-corrected chi connectivity index (χ2v) is 7.70. The molecule has 0 aliphatic heterocycles. The molecule has 7 nitrogen and oxygen atoms in total. The Hall–Kier alpha value is -2.52. The van der Waals surface area contributed by atoms with Crippen LogP contribution in [0.15, 0.2) is 35.2 Å². The molecule has 1 N–H and O–H groups in total. The van der Waals surface area contributed by atoms with Crippen LogP contribution in [0.2, 0.25) is 5.02 Å². The third-order valence-corrected chi connectivity index (χ3v) is 5.30. The Morgan fingerprint density at radius 2 is 1.70 bits per heavy atom. The lowest BCUT2D eigenvalue weighted by atomic mass is 10.2. The number of carbonyl (C=O) groups is 1. The van der Waals surface area contributed by atoms with Crippen molar-refractivity contribution < 1.29 is 27.1 Å². The number of halogens is 2. The van der Waals surface area contributed by atoms with Crippen LogP contribution in [0.1, 0.15) is 10.4 Å². The Labute approximate surface area is 161 Å². The van der Waals surface area contributed by atoms with Crippen LogP contribution in [0.4, 0.5) is 10.1 Å². The molecule has 10 heteroatoms. The number of carbonyl (C=O) groups excluding carboxylic acids is 1. The van der Waals surface area contributed by atoms with Gasteiger partial charge in [0.1, 0.15) is 10.7 Å². The van der Waals surface area contributed by atoms with Gasteiger partial charge in [0.05, 0.1) is 24.9 Å². The lowest BCUT2D eigenvalue weighted by Gasteiger charge is -2.15. The van der Waals surface area contributed by atoms with E-state index in [0.29, 0.717) is 0 Å². The number of benzene rings is 2. The van der Waals surface area contributed by atoms with Crippen LogP contribution in [0, 0.1) is 5.82 Å². The lowest BCUT2D eigenvalue weighted by molar-refractivity contribution is 0.0827. The van der Waals surface area contributed by atoms with Crippen LogP contribution < -0.4 is 14.2 Å². The minimum Gasteiger partial charge on any atom is -0.493 e. The van der Waals surface area contributed by atoms with Gasteiger partial charge in [0, 0.05) is 31.8 Å². The Bertz CT molecular complexity index is 980. The summed E-state index contributed by atoms with van der Waals surface area (Å²) in [7, 11) is 1.35. The van der Waals surface area contributed by atoms with E-state index in [4.69, 9.17) is 21.1 Å². The van der Waals surface area contributed by atoms with Gasteiger partial charge in [-0.15, -0.1) is 0 Å². The highest BCUT2D eigenvalue weighted by Crippen LogP contribution is 2.33. The first-order valence-electron chi connectivity index (χ1n) is 7.56. The van der Waals surface area contributed by atoms with Gasteiger partial charge in [0.15, 0.2) is 11.5 Å². The van der Waals surface area contributed by atoms with Gasteiger partial charge < -0.3 is 14.4 Å². The van der Waals surface area contributed by atoms with Gasteiger partial charge in [-0.1, -0.05) is 11.6 Å². The quantitative estimate of drug-likeness (QED) is 0.782. The average molecular weight is 417 g/mol. The Morgan fingerprint density at radius 3 is 2.26 bits per heavy atom. The van der Waals surface area contributed by atoms with E-state index in [1.807, 2.05) is 0 Å². The van der Waals surface area contributed by atoms with Crippen molar-refractivity contribution in [1.82, 2.24) is 4.90 Å². The first kappa shape index (κ1) is 20.8. The Balaban J connectivity index is 2.48. The zero-order valence-electron chi connectivity index (χ0n) is 15.0. The maximum absolute atomic E-state index is 14.3. The second-order valence-electron chi connectivity index (χ2n) is 5.64. The Morgan fingerprint density at radius 1 is 1.11 bits per heavy atom. The van der Waals surface area contributed by atoms with Gasteiger partial charge >= 0.3 is 0 Å². The predicted octanol–water partition coefficient (Wildman–Crippen LogP) is 3.00. The highest BCUT2D eigenvalue weighted by Gasteiger charge is 2.24. The van der Waals surface area contributed by atoms with Crippen molar-refractivity contribution in [3.05, 3.63) is 46.7 Å². The molecule has 0 bridgehead atoms. The largest absolute Gasteiger partial charge is 0.493 e. The molecular weight excluding hydrogens is 399 g/mol. The summed E-state index contributed by atoms with van der Waals surface area (Å²) in [5.41, 5.74) is 0.161. The maximum atomic E-state index is 14.3. The molecule has 0 unspecified atom stereocenters. The summed E-state index contributed by atoms with van der Waals surface area (Å²) in [5.74, 6) is -1.28. The molecular formula is C17H18ClFN2O5S. The van der Waals surface area contributed by atoms with E-state index in [-0.39, 0.29) is 33.7 Å². The molecule has 0 saturated heterocycles. The van der Waals surface area contributed by atoms with Gasteiger partial charge in [-0.05, 0) is 18.2 Å². The molecule has 1 amide bonds. The molecule has 27 heavy (non-hydrogen) atoms. The molecule has 0 atom stereocenters. The van der Waals surface area contributed by atoms with Gasteiger partial charge in [-0.25, -0.2) is 12.8 Å². The number of anilines is 1. The van der Waals surface area contributed by atoms with E-state index in [1.54, 1.807) is 14.1 Å². The topological polar surface area (TPSA) is 84.9 Å². The van der Waals surface area contributed by atoms with Crippen molar-refractivity contribution in [2.75, 3.05) is 33.0 Å². The van der Waals surface area contributed by atoms with E-state index in [9.17, 15) is 17.6 Å².